The molecule has 5 heteroatoms. The Bertz CT molecular complexity index is 639. The highest BCUT2D eigenvalue weighted by molar-refractivity contribution is 6.74. The third-order valence-electron chi connectivity index (χ3n) is 9.18. The van der Waals surface area contributed by atoms with Crippen LogP contribution in [0.4, 0.5) is 0 Å². The van der Waals surface area contributed by atoms with E-state index in [2.05, 4.69) is 33.9 Å². The van der Waals surface area contributed by atoms with Crippen LogP contribution in [0.2, 0.25) is 18.1 Å². The van der Waals surface area contributed by atoms with Crippen LogP contribution in [0.1, 0.15) is 85.5 Å². The monoisotopic (exact) mass is 408 g/mol. The largest absolute Gasteiger partial charge is 0.416 e. The Morgan fingerprint density at radius 1 is 1.07 bits per heavy atom. The van der Waals surface area contributed by atoms with Gasteiger partial charge in [-0.3, -0.25) is 9.59 Å². The van der Waals surface area contributed by atoms with Crippen molar-refractivity contribution in [2.24, 2.45) is 16.7 Å². The van der Waals surface area contributed by atoms with Gasteiger partial charge in [-0.15, -0.1) is 0 Å². The van der Waals surface area contributed by atoms with Gasteiger partial charge in [0.15, 0.2) is 8.32 Å². The Balaban J connectivity index is 1.83. The Hall–Kier alpha value is -0.523. The normalized spacial score (nSPS) is 36.5. The zero-order valence-corrected chi connectivity index (χ0v) is 19.8. The van der Waals surface area contributed by atoms with E-state index in [4.69, 9.17) is 4.43 Å². The average Bonchev–Trinajstić information content (AvgIpc) is 2.84. The molecule has 0 amide bonds. The quantitative estimate of drug-likeness (QED) is 0.662. The Kier molecular flexibility index (Phi) is 5.56. The molecule has 0 aromatic rings. The van der Waals surface area contributed by atoms with Gasteiger partial charge in [0.05, 0.1) is 11.0 Å². The van der Waals surface area contributed by atoms with E-state index in [1.807, 2.05) is 6.92 Å². The highest BCUT2D eigenvalue weighted by atomic mass is 28.4. The molecule has 3 saturated carbocycles. The number of carbonyl (C=O) groups is 2. The molecular weight excluding hydrogens is 368 g/mol. The summed E-state index contributed by atoms with van der Waals surface area (Å²) in [5, 5.41) is 11.6. The molecule has 3 fully saturated rings. The maximum Gasteiger partial charge on any atom is 0.192 e. The molecule has 3 aliphatic carbocycles. The van der Waals surface area contributed by atoms with Crippen molar-refractivity contribution >= 4 is 19.9 Å². The van der Waals surface area contributed by atoms with Crippen LogP contribution in [0, 0.1) is 16.7 Å². The molecule has 3 atom stereocenters. The Morgan fingerprint density at radius 3 is 2.25 bits per heavy atom. The van der Waals surface area contributed by atoms with Gasteiger partial charge in [0, 0.05) is 25.9 Å². The van der Waals surface area contributed by atoms with Gasteiger partial charge in [0.1, 0.15) is 11.6 Å². The molecule has 3 rings (SSSR count). The summed E-state index contributed by atoms with van der Waals surface area (Å²) >= 11 is 0. The Labute approximate surface area is 171 Å². The van der Waals surface area contributed by atoms with Crippen LogP contribution in [-0.4, -0.2) is 37.2 Å². The van der Waals surface area contributed by atoms with E-state index in [0.717, 1.165) is 25.7 Å². The SMILES string of the molecule is CC(C)(C)[Si](C)(C)OCC1([C@H]2CC[C@]3(C)C(=O)CC[C@]3(O)C2)CCC(=O)CC1. The summed E-state index contributed by atoms with van der Waals surface area (Å²) in [5.74, 6) is 0.923. The molecule has 160 valence electrons. The first kappa shape index (κ1) is 22.2. The number of ketones is 2. The lowest BCUT2D eigenvalue weighted by Gasteiger charge is -2.53. The standard InChI is InChI=1S/C23H40O4Si/c1-20(2,3)28(5,6)27-16-22(12-8-18(24)9-13-22)17-7-11-21(4)19(25)10-14-23(21,26)15-17/h17,26H,7-16H2,1-6H3/t17-,21+,23-/m0/s1. The fraction of sp³-hybridized carbons (Fsp3) is 0.913. The average molecular weight is 409 g/mol. The van der Waals surface area contributed by atoms with Crippen molar-refractivity contribution in [3.8, 4) is 0 Å². The summed E-state index contributed by atoms with van der Waals surface area (Å²) in [6.07, 6.45) is 6.50. The molecule has 0 spiro atoms. The van der Waals surface area contributed by atoms with E-state index in [1.165, 1.54) is 0 Å². The zero-order valence-electron chi connectivity index (χ0n) is 18.8. The van der Waals surface area contributed by atoms with E-state index in [0.29, 0.717) is 50.4 Å². The third kappa shape index (κ3) is 3.56. The second-order valence-electron chi connectivity index (χ2n) is 11.7. The molecule has 0 aliphatic heterocycles. The molecule has 0 heterocycles. The summed E-state index contributed by atoms with van der Waals surface area (Å²) in [6.45, 7) is 14.0. The lowest BCUT2D eigenvalue weighted by Crippen LogP contribution is -2.55. The fourth-order valence-corrected chi connectivity index (χ4v) is 6.65. The van der Waals surface area contributed by atoms with Gasteiger partial charge in [0.25, 0.3) is 0 Å². The lowest BCUT2D eigenvalue weighted by molar-refractivity contribution is -0.153. The van der Waals surface area contributed by atoms with E-state index in [9.17, 15) is 14.7 Å². The number of rotatable bonds is 4. The van der Waals surface area contributed by atoms with Crippen molar-refractivity contribution in [2.75, 3.05) is 6.61 Å². The van der Waals surface area contributed by atoms with Crippen LogP contribution in [-0.2, 0) is 14.0 Å². The minimum absolute atomic E-state index is 0.0356. The number of carbonyl (C=O) groups excluding carboxylic acids is 2. The van der Waals surface area contributed by atoms with Crippen molar-refractivity contribution in [2.45, 2.75) is 109 Å². The van der Waals surface area contributed by atoms with Crippen molar-refractivity contribution in [1.82, 2.24) is 0 Å². The molecule has 0 bridgehead atoms. The molecule has 3 aliphatic rings. The summed E-state index contributed by atoms with van der Waals surface area (Å²) in [5.41, 5.74) is -1.49. The van der Waals surface area contributed by atoms with Crippen molar-refractivity contribution in [3.05, 3.63) is 0 Å². The topological polar surface area (TPSA) is 63.6 Å². The van der Waals surface area contributed by atoms with Crippen LogP contribution in [0.25, 0.3) is 0 Å². The summed E-state index contributed by atoms with van der Waals surface area (Å²) in [4.78, 5) is 24.5. The highest BCUT2D eigenvalue weighted by Crippen LogP contribution is 2.59. The van der Waals surface area contributed by atoms with Gasteiger partial charge >= 0.3 is 0 Å². The molecular formula is C23H40O4Si. The van der Waals surface area contributed by atoms with Crippen molar-refractivity contribution in [3.63, 3.8) is 0 Å². The molecule has 4 nitrogen and oxygen atoms in total. The van der Waals surface area contributed by atoms with Crippen LogP contribution in [0.3, 0.4) is 0 Å². The van der Waals surface area contributed by atoms with Gasteiger partial charge in [-0.2, -0.15) is 0 Å². The molecule has 0 radical (unpaired) electrons. The highest BCUT2D eigenvalue weighted by Gasteiger charge is 2.61. The zero-order chi connectivity index (χ0) is 21.0. The van der Waals surface area contributed by atoms with Crippen LogP contribution < -0.4 is 0 Å². The first-order valence-corrected chi connectivity index (χ1v) is 14.1. The fourth-order valence-electron chi connectivity index (χ4n) is 5.56. The predicted octanol–water partition coefficient (Wildman–Crippen LogP) is 5.04. The van der Waals surface area contributed by atoms with Crippen LogP contribution in [0.15, 0.2) is 0 Å². The van der Waals surface area contributed by atoms with E-state index in [-0.39, 0.29) is 16.2 Å². The third-order valence-corrected chi connectivity index (χ3v) is 13.7. The molecule has 0 saturated heterocycles. The number of hydrogen-bond donors (Lipinski definition) is 1. The lowest BCUT2D eigenvalue weighted by atomic mass is 9.54. The van der Waals surface area contributed by atoms with Gasteiger partial charge in [-0.1, -0.05) is 20.8 Å². The van der Waals surface area contributed by atoms with Crippen LogP contribution in [0.5, 0.6) is 0 Å². The first-order valence-electron chi connectivity index (χ1n) is 11.2. The summed E-state index contributed by atoms with van der Waals surface area (Å²) < 4.78 is 6.69. The molecule has 0 aromatic heterocycles. The number of aliphatic hydroxyl groups is 1. The molecule has 0 unspecified atom stereocenters. The van der Waals surface area contributed by atoms with Crippen LogP contribution >= 0.6 is 0 Å². The minimum atomic E-state index is -1.89. The summed E-state index contributed by atoms with van der Waals surface area (Å²) in [6, 6.07) is 0. The van der Waals surface area contributed by atoms with E-state index in [1.54, 1.807) is 0 Å². The van der Waals surface area contributed by atoms with Gasteiger partial charge in [-0.05, 0) is 74.9 Å². The van der Waals surface area contributed by atoms with Crippen molar-refractivity contribution < 1.29 is 19.1 Å². The van der Waals surface area contributed by atoms with Crippen molar-refractivity contribution in [1.29, 1.82) is 0 Å². The van der Waals surface area contributed by atoms with E-state index < -0.39 is 19.3 Å². The molecule has 1 N–H and O–H groups in total. The molecule has 0 aromatic carbocycles. The second kappa shape index (κ2) is 7.02. The first-order chi connectivity index (χ1) is 12.7. The number of hydrogen-bond acceptors (Lipinski definition) is 4. The van der Waals surface area contributed by atoms with Gasteiger partial charge < -0.3 is 9.53 Å². The Morgan fingerprint density at radius 2 is 1.68 bits per heavy atom. The second-order valence-corrected chi connectivity index (χ2v) is 16.5. The van der Waals surface area contributed by atoms with E-state index >= 15 is 0 Å². The maximum absolute atomic E-state index is 12.5. The maximum atomic E-state index is 12.5. The smallest absolute Gasteiger partial charge is 0.192 e. The van der Waals surface area contributed by atoms with Gasteiger partial charge in [0.2, 0.25) is 0 Å². The number of fused-ring (bicyclic) bond motifs is 1. The summed E-state index contributed by atoms with van der Waals surface area (Å²) in [7, 11) is -1.89. The minimum Gasteiger partial charge on any atom is -0.416 e. The predicted molar refractivity (Wildman–Crippen MR) is 114 cm³/mol. The molecule has 28 heavy (non-hydrogen) atoms. The number of Topliss-reactive ketones (excluding diaryl/α,β-unsaturated/α-hetero) is 2. The van der Waals surface area contributed by atoms with Gasteiger partial charge in [-0.25, -0.2) is 0 Å².